The number of amides is 1. The number of Topliss-reactive ketones (excluding diaryl/α,β-unsaturated/α-hetero) is 1. The molecule has 0 bridgehead atoms. The number of benzene rings is 2. The highest BCUT2D eigenvalue weighted by atomic mass is 19.1. The molecule has 0 aromatic heterocycles. The van der Waals surface area contributed by atoms with Crippen LogP contribution in [0.3, 0.4) is 0 Å². The molecule has 6 heteroatoms. The Morgan fingerprint density at radius 1 is 1.04 bits per heavy atom. The van der Waals surface area contributed by atoms with E-state index in [1.165, 1.54) is 36.4 Å². The number of halogens is 1. The molecule has 2 aromatic rings. The first-order chi connectivity index (χ1) is 11.4. The lowest BCUT2D eigenvalue weighted by Gasteiger charge is -2.09. The van der Waals surface area contributed by atoms with Crippen molar-refractivity contribution in [2.24, 2.45) is 0 Å². The normalized spacial score (nSPS) is 10.2. The molecule has 0 unspecified atom stereocenters. The average molecular weight is 329 g/mol. The lowest BCUT2D eigenvalue weighted by molar-refractivity contribution is -0.116. The summed E-state index contributed by atoms with van der Waals surface area (Å²) in [6.07, 6.45) is -0.144. The number of nitrogens with one attached hydrogen (secondary N) is 1. The molecule has 124 valence electrons. The minimum atomic E-state index is -1.14. The van der Waals surface area contributed by atoms with Gasteiger partial charge in [-0.1, -0.05) is 11.6 Å². The van der Waals surface area contributed by atoms with Crippen LogP contribution in [0.5, 0.6) is 0 Å². The van der Waals surface area contributed by atoms with Gasteiger partial charge < -0.3 is 10.4 Å². The van der Waals surface area contributed by atoms with Crippen LogP contribution in [0.25, 0.3) is 0 Å². The molecule has 0 spiro atoms. The summed E-state index contributed by atoms with van der Waals surface area (Å²) in [5, 5.41) is 11.7. The fourth-order valence-electron chi connectivity index (χ4n) is 2.16. The van der Waals surface area contributed by atoms with Crippen LogP contribution in [0, 0.1) is 12.7 Å². The van der Waals surface area contributed by atoms with Crippen LogP contribution in [0.4, 0.5) is 10.1 Å². The van der Waals surface area contributed by atoms with E-state index in [0.29, 0.717) is 5.56 Å². The van der Waals surface area contributed by atoms with Crippen molar-refractivity contribution in [3.63, 3.8) is 0 Å². The average Bonchev–Trinajstić information content (AvgIpc) is 2.54. The van der Waals surface area contributed by atoms with E-state index in [0.717, 1.165) is 5.56 Å². The molecule has 0 radical (unpaired) electrons. The second kappa shape index (κ2) is 7.50. The number of carbonyl (C=O) groups excluding carboxylic acids is 2. The Morgan fingerprint density at radius 3 is 2.33 bits per heavy atom. The summed E-state index contributed by atoms with van der Waals surface area (Å²) in [5.74, 6) is -2.33. The van der Waals surface area contributed by atoms with Crippen molar-refractivity contribution in [1.82, 2.24) is 0 Å². The third-order valence-corrected chi connectivity index (χ3v) is 3.42. The lowest BCUT2D eigenvalue weighted by Crippen LogP contribution is -2.16. The summed E-state index contributed by atoms with van der Waals surface area (Å²) in [4.78, 5) is 35.1. The van der Waals surface area contributed by atoms with Crippen LogP contribution in [-0.4, -0.2) is 22.8 Å². The number of ketones is 1. The van der Waals surface area contributed by atoms with Gasteiger partial charge in [-0.3, -0.25) is 9.59 Å². The van der Waals surface area contributed by atoms with Gasteiger partial charge in [0, 0.05) is 18.4 Å². The van der Waals surface area contributed by atoms with Crippen LogP contribution >= 0.6 is 0 Å². The molecular weight excluding hydrogens is 313 g/mol. The molecule has 0 atom stereocenters. The number of anilines is 1. The Balaban J connectivity index is 1.98. The summed E-state index contributed by atoms with van der Waals surface area (Å²) in [6.45, 7) is 1.75. The zero-order chi connectivity index (χ0) is 17.7. The number of hydrogen-bond donors (Lipinski definition) is 2. The number of aromatic carboxylic acids is 1. The maximum absolute atomic E-state index is 12.8. The number of carbonyl (C=O) groups is 3. The second-order valence-electron chi connectivity index (χ2n) is 5.33. The van der Waals surface area contributed by atoms with Crippen LogP contribution in [0.15, 0.2) is 42.5 Å². The molecule has 0 aliphatic carbocycles. The van der Waals surface area contributed by atoms with Crippen molar-refractivity contribution in [2.45, 2.75) is 19.8 Å². The Labute approximate surface area is 138 Å². The monoisotopic (exact) mass is 329 g/mol. The molecule has 0 saturated carbocycles. The molecule has 2 rings (SSSR count). The van der Waals surface area contributed by atoms with E-state index in [-0.39, 0.29) is 29.9 Å². The Kier molecular flexibility index (Phi) is 5.42. The third kappa shape index (κ3) is 4.49. The molecular formula is C18H16FNO4. The highest BCUT2D eigenvalue weighted by Crippen LogP contribution is 2.18. The lowest BCUT2D eigenvalue weighted by atomic mass is 10.1. The van der Waals surface area contributed by atoms with Gasteiger partial charge in [0.2, 0.25) is 5.91 Å². The topological polar surface area (TPSA) is 83.5 Å². The predicted molar refractivity (Wildman–Crippen MR) is 86.7 cm³/mol. The van der Waals surface area contributed by atoms with Gasteiger partial charge in [0.25, 0.3) is 0 Å². The first-order valence-electron chi connectivity index (χ1n) is 7.29. The van der Waals surface area contributed by atoms with E-state index in [1.54, 1.807) is 13.0 Å². The maximum atomic E-state index is 12.8. The van der Waals surface area contributed by atoms with E-state index < -0.39 is 17.7 Å². The summed E-state index contributed by atoms with van der Waals surface area (Å²) in [5.41, 5.74) is 1.27. The number of rotatable bonds is 6. The van der Waals surface area contributed by atoms with E-state index in [2.05, 4.69) is 5.32 Å². The quantitative estimate of drug-likeness (QED) is 0.795. The molecule has 2 N–H and O–H groups in total. The Hall–Kier alpha value is -3.02. The van der Waals surface area contributed by atoms with Gasteiger partial charge in [0.15, 0.2) is 5.78 Å². The third-order valence-electron chi connectivity index (χ3n) is 3.42. The fraction of sp³-hybridized carbons (Fsp3) is 0.167. The van der Waals surface area contributed by atoms with Crippen molar-refractivity contribution >= 4 is 23.3 Å². The van der Waals surface area contributed by atoms with E-state index >= 15 is 0 Å². The van der Waals surface area contributed by atoms with Gasteiger partial charge in [-0.05, 0) is 43.3 Å². The molecule has 1 amide bonds. The summed E-state index contributed by atoms with van der Waals surface area (Å²) in [7, 11) is 0. The zero-order valence-corrected chi connectivity index (χ0v) is 13.0. The molecule has 2 aromatic carbocycles. The first-order valence-corrected chi connectivity index (χ1v) is 7.29. The standard InChI is InChI=1S/C18H16FNO4/c1-11-2-7-15(14(10-11)18(23)24)20-17(22)9-8-16(21)12-3-5-13(19)6-4-12/h2-7,10H,8-9H2,1H3,(H,20,22)(H,23,24). The van der Waals surface area contributed by atoms with E-state index in [9.17, 15) is 18.8 Å². The maximum Gasteiger partial charge on any atom is 0.337 e. The fourth-order valence-corrected chi connectivity index (χ4v) is 2.16. The second-order valence-corrected chi connectivity index (χ2v) is 5.33. The largest absolute Gasteiger partial charge is 0.478 e. The molecule has 24 heavy (non-hydrogen) atoms. The van der Waals surface area contributed by atoms with Crippen LogP contribution < -0.4 is 5.32 Å². The number of hydrogen-bond acceptors (Lipinski definition) is 3. The summed E-state index contributed by atoms with van der Waals surface area (Å²) < 4.78 is 12.8. The van der Waals surface area contributed by atoms with Gasteiger partial charge in [0.05, 0.1) is 11.3 Å². The van der Waals surface area contributed by atoms with Crippen LogP contribution in [0.1, 0.15) is 39.1 Å². The van der Waals surface area contributed by atoms with Crippen LogP contribution in [-0.2, 0) is 4.79 Å². The van der Waals surface area contributed by atoms with Gasteiger partial charge >= 0.3 is 5.97 Å². The van der Waals surface area contributed by atoms with Gasteiger partial charge in [0.1, 0.15) is 5.82 Å². The molecule has 0 heterocycles. The summed E-state index contributed by atoms with van der Waals surface area (Å²) >= 11 is 0. The van der Waals surface area contributed by atoms with Crippen molar-refractivity contribution < 1.29 is 23.9 Å². The van der Waals surface area contributed by atoms with Crippen LogP contribution in [0.2, 0.25) is 0 Å². The van der Waals surface area contributed by atoms with Crippen molar-refractivity contribution in [3.05, 3.63) is 65.0 Å². The predicted octanol–water partition coefficient (Wildman–Crippen LogP) is 3.43. The van der Waals surface area contributed by atoms with E-state index in [4.69, 9.17) is 5.11 Å². The van der Waals surface area contributed by atoms with Gasteiger partial charge in [-0.2, -0.15) is 0 Å². The number of aryl methyl sites for hydroxylation is 1. The van der Waals surface area contributed by atoms with Gasteiger partial charge in [-0.15, -0.1) is 0 Å². The Bertz CT molecular complexity index is 784. The number of carboxylic acids is 1. The van der Waals surface area contributed by atoms with Crippen molar-refractivity contribution in [1.29, 1.82) is 0 Å². The van der Waals surface area contributed by atoms with Crippen molar-refractivity contribution in [3.8, 4) is 0 Å². The first kappa shape index (κ1) is 17.3. The molecule has 5 nitrogen and oxygen atoms in total. The number of carboxylic acid groups (broad SMARTS) is 1. The SMILES string of the molecule is Cc1ccc(NC(=O)CCC(=O)c2ccc(F)cc2)c(C(=O)O)c1. The smallest absolute Gasteiger partial charge is 0.337 e. The van der Waals surface area contributed by atoms with E-state index in [1.807, 2.05) is 0 Å². The minimum Gasteiger partial charge on any atom is -0.478 e. The molecule has 0 aliphatic heterocycles. The zero-order valence-electron chi connectivity index (χ0n) is 13.0. The molecule has 0 fully saturated rings. The summed E-state index contributed by atoms with van der Waals surface area (Å²) in [6, 6.07) is 9.74. The minimum absolute atomic E-state index is 0.00629. The molecule has 0 saturated heterocycles. The highest BCUT2D eigenvalue weighted by molar-refractivity contribution is 6.03. The van der Waals surface area contributed by atoms with Gasteiger partial charge in [-0.25, -0.2) is 9.18 Å². The Morgan fingerprint density at radius 2 is 1.71 bits per heavy atom. The highest BCUT2D eigenvalue weighted by Gasteiger charge is 2.14. The molecule has 0 aliphatic rings. The van der Waals surface area contributed by atoms with Crippen molar-refractivity contribution in [2.75, 3.05) is 5.32 Å².